The molecule has 34 heavy (non-hydrogen) atoms. The number of hydrogen-bond acceptors (Lipinski definition) is 8. The number of benzene rings is 1. The van der Waals surface area contributed by atoms with Gasteiger partial charge in [-0.15, -0.1) is 0 Å². The highest BCUT2D eigenvalue weighted by molar-refractivity contribution is 6.04. The number of hydrogen-bond donors (Lipinski definition) is 2. The summed E-state index contributed by atoms with van der Waals surface area (Å²) in [5.41, 5.74) is 0.861. The summed E-state index contributed by atoms with van der Waals surface area (Å²) in [7, 11) is 3.30. The summed E-state index contributed by atoms with van der Waals surface area (Å²) in [6.45, 7) is 1.83. The molecule has 0 bridgehead atoms. The zero-order chi connectivity index (χ0) is 24.4. The van der Waals surface area contributed by atoms with Crippen LogP contribution in [0.15, 0.2) is 58.6 Å². The van der Waals surface area contributed by atoms with Crippen molar-refractivity contribution < 1.29 is 14.4 Å². The number of rotatable bonds is 6. The van der Waals surface area contributed by atoms with Crippen LogP contribution in [0.1, 0.15) is 51.9 Å². The van der Waals surface area contributed by atoms with E-state index in [1.807, 2.05) is 32.3 Å². The molecule has 3 heterocycles. The Labute approximate surface area is 193 Å². The number of amides is 1. The molecule has 0 saturated heterocycles. The Bertz CT molecular complexity index is 1450. The third-order valence-electron chi connectivity index (χ3n) is 5.57. The lowest BCUT2D eigenvalue weighted by molar-refractivity contribution is 0.101. The Kier molecular flexibility index (Phi) is 5.97. The molecule has 2 unspecified atom stereocenters. The van der Waals surface area contributed by atoms with E-state index in [4.69, 9.17) is 4.52 Å². The van der Waals surface area contributed by atoms with E-state index in [0.29, 0.717) is 16.8 Å². The van der Waals surface area contributed by atoms with Gasteiger partial charge in [-0.1, -0.05) is 30.3 Å². The standard InChI is InChI=1S/C23H21N7O4/c1-13(18(17-10-29(2)12-25-17)16-7-5-4-6-14(16)8-24)21-28-19(20(31)23(33)30(21)3)22(32)27-15-9-26-34-11-15/h4-7,9-13,18,31H,1-3H3,(H,27,32). The summed E-state index contributed by atoms with van der Waals surface area (Å²) < 4.78 is 7.67. The Morgan fingerprint density at radius 2 is 2.06 bits per heavy atom. The summed E-state index contributed by atoms with van der Waals surface area (Å²) in [5.74, 6) is -2.31. The number of aryl methyl sites for hydroxylation is 1. The molecule has 2 N–H and O–H groups in total. The maximum absolute atomic E-state index is 12.8. The average molecular weight is 459 g/mol. The molecule has 172 valence electrons. The predicted molar refractivity (Wildman–Crippen MR) is 120 cm³/mol. The predicted octanol–water partition coefficient (Wildman–Crippen LogP) is 2.27. The number of carbonyl (C=O) groups excluding carboxylic acids is 1. The van der Waals surface area contributed by atoms with E-state index in [0.717, 1.165) is 0 Å². The quantitative estimate of drug-likeness (QED) is 0.445. The van der Waals surface area contributed by atoms with E-state index in [-0.39, 0.29) is 11.5 Å². The van der Waals surface area contributed by atoms with Crippen LogP contribution < -0.4 is 10.9 Å². The summed E-state index contributed by atoms with van der Waals surface area (Å²) in [4.78, 5) is 34.5. The molecule has 1 aromatic carbocycles. The van der Waals surface area contributed by atoms with Crippen LogP contribution in [0.2, 0.25) is 0 Å². The molecule has 0 fully saturated rings. The van der Waals surface area contributed by atoms with E-state index < -0.39 is 34.7 Å². The van der Waals surface area contributed by atoms with Gasteiger partial charge in [0.05, 0.1) is 29.9 Å². The largest absolute Gasteiger partial charge is 0.501 e. The molecule has 1 amide bonds. The van der Waals surface area contributed by atoms with Crippen molar-refractivity contribution in [1.29, 1.82) is 5.26 Å². The van der Waals surface area contributed by atoms with Gasteiger partial charge >= 0.3 is 0 Å². The Hall–Kier alpha value is -4.72. The van der Waals surface area contributed by atoms with E-state index in [1.54, 1.807) is 23.0 Å². The van der Waals surface area contributed by atoms with Crippen LogP contribution in [-0.4, -0.2) is 35.3 Å². The van der Waals surface area contributed by atoms with Crippen molar-refractivity contribution in [2.24, 2.45) is 14.1 Å². The normalized spacial score (nSPS) is 12.6. The molecule has 0 aliphatic rings. The number of nitrogens with one attached hydrogen (secondary N) is 1. The minimum Gasteiger partial charge on any atom is -0.501 e. The smallest absolute Gasteiger partial charge is 0.296 e. The van der Waals surface area contributed by atoms with Gasteiger partial charge in [0.2, 0.25) is 5.75 Å². The highest BCUT2D eigenvalue weighted by atomic mass is 16.5. The Morgan fingerprint density at radius 1 is 1.29 bits per heavy atom. The number of nitrogens with zero attached hydrogens (tertiary/aromatic N) is 6. The molecule has 0 spiro atoms. The zero-order valence-electron chi connectivity index (χ0n) is 18.6. The molecular formula is C23H21N7O4. The second-order valence-electron chi connectivity index (χ2n) is 7.83. The van der Waals surface area contributed by atoms with E-state index in [1.165, 1.54) is 24.1 Å². The minimum atomic E-state index is -0.793. The van der Waals surface area contributed by atoms with Crippen molar-refractivity contribution >= 4 is 11.6 Å². The van der Waals surface area contributed by atoms with Gasteiger partial charge in [0.1, 0.15) is 17.8 Å². The number of aromatic nitrogens is 5. The number of anilines is 1. The van der Waals surface area contributed by atoms with E-state index >= 15 is 0 Å². The fourth-order valence-corrected chi connectivity index (χ4v) is 3.93. The van der Waals surface area contributed by atoms with Crippen molar-refractivity contribution in [2.75, 3.05) is 5.32 Å². The lowest BCUT2D eigenvalue weighted by Gasteiger charge is -2.25. The maximum atomic E-state index is 12.8. The van der Waals surface area contributed by atoms with Crippen molar-refractivity contribution in [2.45, 2.75) is 18.8 Å². The molecule has 4 rings (SSSR count). The molecule has 11 heteroatoms. The summed E-state index contributed by atoms with van der Waals surface area (Å²) in [6, 6.07) is 9.33. The summed E-state index contributed by atoms with van der Waals surface area (Å²) >= 11 is 0. The monoisotopic (exact) mass is 459 g/mol. The summed E-state index contributed by atoms with van der Waals surface area (Å²) in [5, 5.41) is 26.1. The number of nitriles is 1. The zero-order valence-corrected chi connectivity index (χ0v) is 18.6. The summed E-state index contributed by atoms with van der Waals surface area (Å²) in [6.07, 6.45) is 5.95. The van der Waals surface area contributed by atoms with Crippen LogP contribution in [0.3, 0.4) is 0 Å². The molecule has 0 radical (unpaired) electrons. The molecule has 11 nitrogen and oxygen atoms in total. The number of imidazole rings is 1. The first-order valence-corrected chi connectivity index (χ1v) is 10.3. The lowest BCUT2D eigenvalue weighted by Crippen LogP contribution is -2.29. The third-order valence-corrected chi connectivity index (χ3v) is 5.57. The molecule has 2 atom stereocenters. The Balaban J connectivity index is 1.85. The minimum absolute atomic E-state index is 0.238. The first-order valence-electron chi connectivity index (χ1n) is 10.3. The fourth-order valence-electron chi connectivity index (χ4n) is 3.93. The molecular weight excluding hydrogens is 438 g/mol. The molecule has 0 saturated carbocycles. The highest BCUT2D eigenvalue weighted by Gasteiger charge is 2.31. The SMILES string of the molecule is CC(c1nc(C(=O)Nc2cnoc2)c(O)c(=O)n1C)C(c1cn(C)cn1)c1ccccc1C#N. The maximum Gasteiger partial charge on any atom is 0.296 e. The first kappa shape index (κ1) is 22.5. The van der Waals surface area contributed by atoms with Crippen LogP contribution in [0, 0.1) is 11.3 Å². The highest BCUT2D eigenvalue weighted by Crippen LogP contribution is 2.38. The number of aromatic hydroxyl groups is 1. The van der Waals surface area contributed by atoms with Crippen LogP contribution in [-0.2, 0) is 14.1 Å². The van der Waals surface area contributed by atoms with Crippen molar-refractivity contribution in [1.82, 2.24) is 24.3 Å². The van der Waals surface area contributed by atoms with Crippen LogP contribution >= 0.6 is 0 Å². The molecule has 4 aromatic rings. The van der Waals surface area contributed by atoms with Crippen LogP contribution in [0.5, 0.6) is 5.75 Å². The average Bonchev–Trinajstić information content (AvgIpc) is 3.50. The van der Waals surface area contributed by atoms with Gasteiger partial charge in [-0.05, 0) is 11.6 Å². The van der Waals surface area contributed by atoms with E-state index in [9.17, 15) is 20.0 Å². The molecule has 3 aromatic heterocycles. The van der Waals surface area contributed by atoms with Gasteiger partial charge in [0.25, 0.3) is 11.5 Å². The fraction of sp³-hybridized carbons (Fsp3) is 0.217. The van der Waals surface area contributed by atoms with Crippen molar-refractivity contribution in [3.05, 3.63) is 87.9 Å². The topological polar surface area (TPSA) is 152 Å². The van der Waals surface area contributed by atoms with Gasteiger partial charge in [-0.3, -0.25) is 14.2 Å². The van der Waals surface area contributed by atoms with Gasteiger partial charge in [-0.2, -0.15) is 5.26 Å². The van der Waals surface area contributed by atoms with Gasteiger partial charge < -0.3 is 19.5 Å². The number of carbonyl (C=O) groups is 1. The Morgan fingerprint density at radius 3 is 2.71 bits per heavy atom. The van der Waals surface area contributed by atoms with E-state index in [2.05, 4.69) is 26.5 Å². The van der Waals surface area contributed by atoms with Crippen LogP contribution in [0.4, 0.5) is 5.69 Å². The second kappa shape index (κ2) is 9.03. The van der Waals surface area contributed by atoms with Gasteiger partial charge in [-0.25, -0.2) is 9.97 Å². The van der Waals surface area contributed by atoms with Crippen molar-refractivity contribution in [3.63, 3.8) is 0 Å². The van der Waals surface area contributed by atoms with Crippen molar-refractivity contribution in [3.8, 4) is 11.8 Å². The molecule has 0 aliphatic heterocycles. The van der Waals surface area contributed by atoms with Gasteiger partial charge in [0.15, 0.2) is 5.69 Å². The lowest BCUT2D eigenvalue weighted by atomic mass is 9.82. The third kappa shape index (κ3) is 4.04. The molecule has 0 aliphatic carbocycles. The first-order chi connectivity index (χ1) is 16.3. The van der Waals surface area contributed by atoms with Crippen LogP contribution in [0.25, 0.3) is 0 Å². The van der Waals surface area contributed by atoms with Gasteiger partial charge in [0, 0.05) is 32.1 Å². The second-order valence-corrected chi connectivity index (χ2v) is 7.83.